The maximum atomic E-state index is 14.4. The summed E-state index contributed by atoms with van der Waals surface area (Å²) in [4.78, 5) is 22.9. The van der Waals surface area contributed by atoms with Crippen LogP contribution < -0.4 is 9.47 Å². The number of halogens is 3. The van der Waals surface area contributed by atoms with Crippen LogP contribution in [0.5, 0.6) is 17.4 Å². The lowest BCUT2D eigenvalue weighted by Crippen LogP contribution is -2.13. The Labute approximate surface area is 244 Å². The molecule has 6 nitrogen and oxygen atoms in total. The maximum Gasteiger partial charge on any atom is 0.344 e. The fourth-order valence-corrected chi connectivity index (χ4v) is 4.70. The average Bonchev–Trinajstić information content (AvgIpc) is 2.98. The monoisotopic (exact) mass is 618 g/mol. The van der Waals surface area contributed by atoms with Crippen LogP contribution >= 0.6 is 15.9 Å². The molecule has 0 amide bonds. The summed E-state index contributed by atoms with van der Waals surface area (Å²) in [6.45, 7) is 5.19. The van der Waals surface area contributed by atoms with Crippen LogP contribution in [0.4, 0.5) is 8.78 Å². The summed E-state index contributed by atoms with van der Waals surface area (Å²) in [5.41, 5.74) is 2.64. The highest BCUT2D eigenvalue weighted by atomic mass is 79.9. The standard InChI is InChI=1S/C32H25BrF2N2O4/c1-4-39-32(38)26-29(36-19(3)27(33)30(26)40-17-20-10-6-5-7-11-20)22-16-21-12-8-9-13-24(21)37-31(22)41-25-15-14-23(34)28(35)18(25)2/h5-16H,4,17H2,1-3H3. The normalized spacial score (nSPS) is 11.0. The molecule has 41 heavy (non-hydrogen) atoms. The number of pyridine rings is 2. The van der Waals surface area contributed by atoms with E-state index in [9.17, 15) is 13.6 Å². The minimum atomic E-state index is -1.02. The molecule has 0 bridgehead atoms. The quantitative estimate of drug-likeness (QED) is 0.162. The first-order valence-electron chi connectivity index (χ1n) is 12.8. The lowest BCUT2D eigenvalue weighted by atomic mass is 10.0. The topological polar surface area (TPSA) is 70.5 Å². The number of carbonyl (C=O) groups is 1. The first-order chi connectivity index (χ1) is 19.8. The number of hydrogen-bond donors (Lipinski definition) is 0. The number of carbonyl (C=O) groups excluding carboxylic acids is 1. The van der Waals surface area contributed by atoms with Gasteiger partial charge >= 0.3 is 5.97 Å². The Morgan fingerprint density at radius 1 is 0.951 bits per heavy atom. The molecule has 9 heteroatoms. The van der Waals surface area contributed by atoms with Crippen molar-refractivity contribution in [1.29, 1.82) is 0 Å². The zero-order valence-corrected chi connectivity index (χ0v) is 24.1. The number of fused-ring (bicyclic) bond motifs is 1. The molecule has 5 aromatic rings. The van der Waals surface area contributed by atoms with E-state index in [1.807, 2.05) is 48.5 Å². The second-order valence-electron chi connectivity index (χ2n) is 9.18. The minimum Gasteiger partial charge on any atom is -0.487 e. The van der Waals surface area contributed by atoms with Gasteiger partial charge in [-0.25, -0.2) is 18.6 Å². The van der Waals surface area contributed by atoms with Crippen molar-refractivity contribution in [2.45, 2.75) is 27.4 Å². The number of rotatable bonds is 8. The molecule has 2 aromatic heterocycles. The van der Waals surface area contributed by atoms with Gasteiger partial charge in [0.05, 0.1) is 33.5 Å². The molecule has 3 aromatic carbocycles. The van der Waals surface area contributed by atoms with Gasteiger partial charge in [-0.05, 0) is 66.5 Å². The first-order valence-corrected chi connectivity index (χ1v) is 13.6. The molecule has 0 atom stereocenters. The second-order valence-corrected chi connectivity index (χ2v) is 9.97. The molecule has 0 aliphatic rings. The van der Waals surface area contributed by atoms with E-state index in [1.54, 1.807) is 26.0 Å². The molecule has 0 N–H and O–H groups in total. The zero-order chi connectivity index (χ0) is 29.1. The highest BCUT2D eigenvalue weighted by molar-refractivity contribution is 9.10. The van der Waals surface area contributed by atoms with Crippen molar-refractivity contribution in [3.05, 3.63) is 111 Å². The van der Waals surface area contributed by atoms with Crippen molar-refractivity contribution in [1.82, 2.24) is 9.97 Å². The first kappa shape index (κ1) is 28.2. The fourth-order valence-electron chi connectivity index (χ4n) is 4.30. The third-order valence-electron chi connectivity index (χ3n) is 6.41. The number of aryl methyl sites for hydroxylation is 1. The van der Waals surface area contributed by atoms with Crippen LogP contribution in [0, 0.1) is 25.5 Å². The molecular formula is C32H25BrF2N2O4. The second kappa shape index (κ2) is 12.0. The molecule has 0 unspecified atom stereocenters. The minimum absolute atomic E-state index is 0.0247. The van der Waals surface area contributed by atoms with E-state index in [-0.39, 0.29) is 47.4 Å². The van der Waals surface area contributed by atoms with Crippen LogP contribution in [0.15, 0.2) is 77.3 Å². The van der Waals surface area contributed by atoms with Gasteiger partial charge in [0.2, 0.25) is 5.88 Å². The largest absolute Gasteiger partial charge is 0.487 e. The van der Waals surface area contributed by atoms with Gasteiger partial charge in [0.15, 0.2) is 17.4 Å². The number of para-hydroxylation sites is 1. The third kappa shape index (κ3) is 5.76. The number of hydrogen-bond acceptors (Lipinski definition) is 6. The smallest absolute Gasteiger partial charge is 0.344 e. The zero-order valence-electron chi connectivity index (χ0n) is 22.5. The van der Waals surface area contributed by atoms with E-state index < -0.39 is 17.6 Å². The predicted octanol–water partition coefficient (Wildman–Crippen LogP) is 8.50. The highest BCUT2D eigenvalue weighted by Gasteiger charge is 2.29. The summed E-state index contributed by atoms with van der Waals surface area (Å²) >= 11 is 3.55. The van der Waals surface area contributed by atoms with E-state index in [0.717, 1.165) is 17.0 Å². The van der Waals surface area contributed by atoms with Crippen molar-refractivity contribution in [3.63, 3.8) is 0 Å². The molecule has 0 saturated carbocycles. The van der Waals surface area contributed by atoms with Crippen LogP contribution in [-0.2, 0) is 11.3 Å². The molecule has 0 radical (unpaired) electrons. The van der Waals surface area contributed by atoms with Crippen LogP contribution in [0.1, 0.15) is 34.1 Å². The van der Waals surface area contributed by atoms with Crippen LogP contribution in [0.3, 0.4) is 0 Å². The van der Waals surface area contributed by atoms with E-state index in [1.165, 1.54) is 13.0 Å². The van der Waals surface area contributed by atoms with Gasteiger partial charge in [-0.3, -0.25) is 4.98 Å². The molecule has 0 aliphatic carbocycles. The summed E-state index contributed by atoms with van der Waals surface area (Å²) < 4.78 is 46.6. The molecular weight excluding hydrogens is 594 g/mol. The van der Waals surface area contributed by atoms with E-state index in [0.29, 0.717) is 21.2 Å². The van der Waals surface area contributed by atoms with Crippen molar-refractivity contribution in [2.75, 3.05) is 6.61 Å². The highest BCUT2D eigenvalue weighted by Crippen LogP contribution is 2.43. The van der Waals surface area contributed by atoms with Gasteiger partial charge in [-0.2, -0.15) is 0 Å². The van der Waals surface area contributed by atoms with Gasteiger partial charge in [-0.1, -0.05) is 48.5 Å². The molecule has 0 spiro atoms. The Bertz CT molecular complexity index is 1760. The Balaban J connectivity index is 1.74. The van der Waals surface area contributed by atoms with Crippen molar-refractivity contribution in [3.8, 4) is 28.6 Å². The summed E-state index contributed by atoms with van der Waals surface area (Å²) in [5.74, 6) is -2.30. The molecule has 5 rings (SSSR count). The molecule has 0 saturated heterocycles. The molecule has 208 valence electrons. The number of benzene rings is 3. The average molecular weight is 619 g/mol. The van der Waals surface area contributed by atoms with Gasteiger partial charge in [-0.15, -0.1) is 0 Å². The number of aromatic nitrogens is 2. The third-order valence-corrected chi connectivity index (χ3v) is 7.34. The van der Waals surface area contributed by atoms with Gasteiger partial charge in [0.1, 0.15) is 17.9 Å². The van der Waals surface area contributed by atoms with Crippen LogP contribution in [-0.4, -0.2) is 22.5 Å². The van der Waals surface area contributed by atoms with E-state index in [4.69, 9.17) is 19.2 Å². The van der Waals surface area contributed by atoms with Gasteiger partial charge in [0.25, 0.3) is 0 Å². The van der Waals surface area contributed by atoms with Crippen molar-refractivity contribution >= 4 is 32.8 Å². The lowest BCUT2D eigenvalue weighted by Gasteiger charge is -2.19. The van der Waals surface area contributed by atoms with E-state index in [2.05, 4.69) is 20.9 Å². The summed E-state index contributed by atoms with van der Waals surface area (Å²) in [6, 6.07) is 21.0. The lowest BCUT2D eigenvalue weighted by molar-refractivity contribution is 0.0521. The maximum absolute atomic E-state index is 14.4. The molecule has 0 aliphatic heterocycles. The van der Waals surface area contributed by atoms with E-state index >= 15 is 0 Å². The number of nitrogens with zero attached hydrogens (tertiary/aromatic N) is 2. The Morgan fingerprint density at radius 2 is 1.68 bits per heavy atom. The summed E-state index contributed by atoms with van der Waals surface area (Å²) in [7, 11) is 0. The SMILES string of the molecule is CCOC(=O)c1c(-c2cc3ccccc3nc2Oc2ccc(F)c(F)c2C)nc(C)c(Br)c1OCc1ccccc1. The Hall–Kier alpha value is -4.37. The van der Waals surface area contributed by atoms with Crippen molar-refractivity contribution in [2.24, 2.45) is 0 Å². The fraction of sp³-hybridized carbons (Fsp3) is 0.156. The summed E-state index contributed by atoms with van der Waals surface area (Å²) in [6.07, 6.45) is 0. The van der Waals surface area contributed by atoms with Crippen molar-refractivity contribution < 1.29 is 27.8 Å². The summed E-state index contributed by atoms with van der Waals surface area (Å²) in [5, 5.41) is 0.751. The van der Waals surface area contributed by atoms with Crippen LogP contribution in [0.25, 0.3) is 22.2 Å². The predicted molar refractivity (Wildman–Crippen MR) is 155 cm³/mol. The Kier molecular flexibility index (Phi) is 8.26. The molecule has 0 fully saturated rings. The van der Waals surface area contributed by atoms with Gasteiger partial charge in [0, 0.05) is 10.9 Å². The molecule has 2 heterocycles. The number of esters is 1. The number of ether oxygens (including phenoxy) is 3. The van der Waals surface area contributed by atoms with Crippen LogP contribution in [0.2, 0.25) is 0 Å². The Morgan fingerprint density at radius 3 is 2.44 bits per heavy atom. The van der Waals surface area contributed by atoms with Gasteiger partial charge < -0.3 is 14.2 Å².